The van der Waals surface area contributed by atoms with Crippen LogP contribution >= 0.6 is 0 Å². The Hall–Kier alpha value is -0.720. The second kappa shape index (κ2) is 3.33. The van der Waals surface area contributed by atoms with Crippen molar-refractivity contribution in [1.82, 2.24) is 5.32 Å². The number of hydrogen-bond donors (Lipinski definition) is 2. The van der Waals surface area contributed by atoms with E-state index < -0.39 is 11.4 Å². The van der Waals surface area contributed by atoms with Crippen molar-refractivity contribution in [3.05, 3.63) is 12.3 Å². The van der Waals surface area contributed by atoms with E-state index in [0.717, 1.165) is 0 Å². The molecule has 1 aliphatic heterocycles. The van der Waals surface area contributed by atoms with E-state index in [1.165, 1.54) is 0 Å². The standard InChI is InChI=1S/C3H3NO.H2O3S/c1-2-3(5)4-2;1-4(2)3/h1H2,(H,4,5);(H2,1,2,3)/p-1. The van der Waals surface area contributed by atoms with Crippen LogP contribution in [-0.4, -0.2) is 19.2 Å². The molecule has 1 atom stereocenters. The summed E-state index contributed by atoms with van der Waals surface area (Å²) >= 11 is -2.86. The summed E-state index contributed by atoms with van der Waals surface area (Å²) in [5.41, 5.74) is 0.532. The molecule has 1 saturated heterocycles. The van der Waals surface area contributed by atoms with Crippen LogP contribution in [0.4, 0.5) is 0 Å². The van der Waals surface area contributed by atoms with Crippen LogP contribution in [0, 0.1) is 0 Å². The average Bonchev–Trinajstić information content (AvgIpc) is 2.16. The Morgan fingerprint density at radius 1 is 1.78 bits per heavy atom. The highest BCUT2D eigenvalue weighted by atomic mass is 32.2. The molecule has 6 heteroatoms. The van der Waals surface area contributed by atoms with Gasteiger partial charge in [-0.05, 0) is 0 Å². The molecule has 0 aromatic heterocycles. The Bertz CT molecular complexity index is 149. The number of carbonyl (C=O) groups is 1. The molecule has 2 N–H and O–H groups in total. The number of carbonyl (C=O) groups excluding carboxylic acids is 1. The Labute approximate surface area is 53.9 Å². The van der Waals surface area contributed by atoms with E-state index in [2.05, 4.69) is 11.9 Å². The Balaban J connectivity index is 0.000000148. The number of amides is 1. The van der Waals surface area contributed by atoms with Gasteiger partial charge in [-0.25, -0.2) is 4.21 Å². The lowest BCUT2D eigenvalue weighted by molar-refractivity contribution is -0.109. The fourth-order valence-electron chi connectivity index (χ4n) is 0.106. The molecule has 0 saturated carbocycles. The van der Waals surface area contributed by atoms with Crippen LogP contribution in [-0.2, 0) is 16.2 Å². The minimum Gasteiger partial charge on any atom is -0.750 e. The lowest BCUT2D eigenvalue weighted by Crippen LogP contribution is -1.75. The Morgan fingerprint density at radius 3 is 1.89 bits per heavy atom. The summed E-state index contributed by atoms with van der Waals surface area (Å²) in [6.07, 6.45) is 0. The van der Waals surface area contributed by atoms with Gasteiger partial charge in [-0.15, -0.1) is 0 Å². The van der Waals surface area contributed by atoms with Crippen molar-refractivity contribution in [2.45, 2.75) is 0 Å². The molecule has 1 heterocycles. The zero-order valence-electron chi connectivity index (χ0n) is 4.29. The highest BCUT2D eigenvalue weighted by Gasteiger charge is 2.20. The first-order chi connectivity index (χ1) is 4.04. The van der Waals surface area contributed by atoms with Gasteiger partial charge in [0.2, 0.25) is 0 Å². The van der Waals surface area contributed by atoms with Crippen LogP contribution in [0.15, 0.2) is 12.3 Å². The predicted molar refractivity (Wildman–Crippen MR) is 28.8 cm³/mol. The van der Waals surface area contributed by atoms with Crippen molar-refractivity contribution < 1.29 is 18.1 Å². The lowest BCUT2D eigenvalue weighted by Gasteiger charge is -1.83. The largest absolute Gasteiger partial charge is 0.750 e. The lowest BCUT2D eigenvalue weighted by atomic mass is 10.7. The molecule has 0 radical (unpaired) electrons. The summed E-state index contributed by atoms with van der Waals surface area (Å²) in [7, 11) is 0. The second-order valence-corrected chi connectivity index (χ2v) is 1.58. The van der Waals surface area contributed by atoms with Crippen LogP contribution in [0.2, 0.25) is 0 Å². The highest BCUT2D eigenvalue weighted by Crippen LogP contribution is 1.96. The Morgan fingerprint density at radius 2 is 1.89 bits per heavy atom. The summed E-state index contributed by atoms with van der Waals surface area (Å²) in [5, 5.41) is 2.36. The van der Waals surface area contributed by atoms with Gasteiger partial charge in [-0.1, -0.05) is 6.58 Å². The molecular weight excluding hydrogens is 146 g/mol. The number of hydrogen-bond acceptors (Lipinski definition) is 3. The predicted octanol–water partition coefficient (Wildman–Crippen LogP) is -1.03. The molecule has 52 valence electrons. The molecule has 5 nitrogen and oxygen atoms in total. The third-order valence-corrected chi connectivity index (χ3v) is 0.476. The normalized spacial score (nSPS) is 17.1. The van der Waals surface area contributed by atoms with Gasteiger partial charge in [-0.2, -0.15) is 0 Å². The van der Waals surface area contributed by atoms with E-state index in [4.69, 9.17) is 13.3 Å². The molecule has 0 aliphatic carbocycles. The van der Waals surface area contributed by atoms with Crippen molar-refractivity contribution >= 4 is 17.3 Å². The van der Waals surface area contributed by atoms with Crippen LogP contribution < -0.4 is 5.32 Å². The van der Waals surface area contributed by atoms with E-state index in [9.17, 15) is 4.79 Å². The minimum absolute atomic E-state index is 0.0231. The van der Waals surface area contributed by atoms with Crippen molar-refractivity contribution in [2.24, 2.45) is 0 Å². The summed E-state index contributed by atoms with van der Waals surface area (Å²) in [6, 6.07) is 0. The Kier molecular flexibility index (Phi) is 3.07. The highest BCUT2D eigenvalue weighted by molar-refractivity contribution is 7.73. The molecule has 9 heavy (non-hydrogen) atoms. The van der Waals surface area contributed by atoms with Gasteiger partial charge in [0, 0.05) is 0 Å². The summed E-state index contributed by atoms with van der Waals surface area (Å²) < 4.78 is 24.1. The first-order valence-corrected chi connectivity index (χ1v) is 2.86. The summed E-state index contributed by atoms with van der Waals surface area (Å²) in [4.78, 5) is 9.68. The van der Waals surface area contributed by atoms with E-state index in [0.29, 0.717) is 5.70 Å². The van der Waals surface area contributed by atoms with Gasteiger partial charge in [0.1, 0.15) is 0 Å². The molecule has 1 fully saturated rings. The zero-order valence-corrected chi connectivity index (χ0v) is 5.10. The molecule has 1 amide bonds. The fraction of sp³-hybridized carbons (Fsp3) is 0. The van der Waals surface area contributed by atoms with Crippen LogP contribution in [0.3, 0.4) is 0 Å². The molecule has 0 aromatic carbocycles. The van der Waals surface area contributed by atoms with Crippen molar-refractivity contribution in [2.75, 3.05) is 0 Å². The van der Waals surface area contributed by atoms with E-state index >= 15 is 0 Å². The second-order valence-electron chi connectivity index (χ2n) is 1.15. The van der Waals surface area contributed by atoms with E-state index in [1.54, 1.807) is 0 Å². The van der Waals surface area contributed by atoms with Gasteiger partial charge in [0.25, 0.3) is 5.91 Å². The maximum absolute atomic E-state index is 9.68. The average molecular weight is 150 g/mol. The molecular formula is C3H4NO4S-. The third-order valence-electron chi connectivity index (χ3n) is 0.476. The topological polar surface area (TPSA) is 99.4 Å². The molecule has 1 unspecified atom stereocenters. The minimum atomic E-state index is -2.86. The number of rotatable bonds is 0. The maximum Gasteiger partial charge on any atom is 0.271 e. The smallest absolute Gasteiger partial charge is 0.271 e. The van der Waals surface area contributed by atoms with E-state index in [-0.39, 0.29) is 5.91 Å². The van der Waals surface area contributed by atoms with Gasteiger partial charge in [0.15, 0.2) is 0 Å². The van der Waals surface area contributed by atoms with Crippen molar-refractivity contribution in [1.29, 1.82) is 0 Å². The first kappa shape index (κ1) is 8.28. The van der Waals surface area contributed by atoms with Crippen molar-refractivity contribution in [3.8, 4) is 0 Å². The molecule has 1 rings (SSSR count). The van der Waals surface area contributed by atoms with Gasteiger partial charge in [0.05, 0.1) is 17.1 Å². The van der Waals surface area contributed by atoms with Gasteiger partial charge in [-0.3, -0.25) is 4.79 Å². The summed E-state index contributed by atoms with van der Waals surface area (Å²) in [5.74, 6) is -0.0231. The quantitative estimate of drug-likeness (QED) is 0.262. The fourth-order valence-corrected chi connectivity index (χ4v) is 0.106. The first-order valence-electron chi connectivity index (χ1n) is 1.82. The molecule has 0 bridgehead atoms. The van der Waals surface area contributed by atoms with Crippen LogP contribution in [0.1, 0.15) is 0 Å². The zero-order chi connectivity index (χ0) is 7.44. The molecule has 0 spiro atoms. The number of nitrogens with one attached hydrogen (secondary N) is 1. The summed E-state index contributed by atoms with van der Waals surface area (Å²) in [6.45, 7) is 3.29. The SMILES string of the molecule is C=C1NC1=O.O=S([O-])O. The van der Waals surface area contributed by atoms with Crippen LogP contribution in [0.5, 0.6) is 0 Å². The molecule has 0 aromatic rings. The monoisotopic (exact) mass is 150 g/mol. The van der Waals surface area contributed by atoms with Gasteiger partial charge < -0.3 is 14.4 Å². The van der Waals surface area contributed by atoms with Crippen LogP contribution in [0.25, 0.3) is 0 Å². The van der Waals surface area contributed by atoms with E-state index in [1.807, 2.05) is 0 Å². The third kappa shape index (κ3) is 7.28. The maximum atomic E-state index is 9.68. The van der Waals surface area contributed by atoms with Crippen molar-refractivity contribution in [3.63, 3.8) is 0 Å². The molecule has 1 aliphatic rings. The van der Waals surface area contributed by atoms with Gasteiger partial charge >= 0.3 is 0 Å².